The van der Waals surface area contributed by atoms with Crippen LogP contribution in [-0.4, -0.2) is 18.0 Å². The van der Waals surface area contributed by atoms with Crippen molar-refractivity contribution in [2.75, 3.05) is 13.1 Å². The number of rotatable bonds is 4. The molecule has 0 N–H and O–H groups in total. The SMILES string of the molecule is O=c1cc(CN2CCC(Cc3ccccc3)CC2)oc2ccccc12. The number of para-hydroxylation sites is 1. The lowest BCUT2D eigenvalue weighted by molar-refractivity contribution is 0.166. The highest BCUT2D eigenvalue weighted by Gasteiger charge is 2.20. The summed E-state index contributed by atoms with van der Waals surface area (Å²) in [5, 5.41) is 0.660. The normalized spacial score (nSPS) is 16.3. The number of fused-ring (bicyclic) bond motifs is 1. The van der Waals surface area contributed by atoms with Crippen molar-refractivity contribution in [3.05, 3.63) is 82.2 Å². The third-order valence-electron chi connectivity index (χ3n) is 5.14. The van der Waals surface area contributed by atoms with Crippen LogP contribution in [0.4, 0.5) is 0 Å². The lowest BCUT2D eigenvalue weighted by Crippen LogP contribution is -2.34. The van der Waals surface area contributed by atoms with Gasteiger partial charge in [-0.2, -0.15) is 0 Å². The highest BCUT2D eigenvalue weighted by molar-refractivity contribution is 5.76. The molecule has 1 aliphatic rings. The Balaban J connectivity index is 1.38. The molecule has 0 unspecified atom stereocenters. The van der Waals surface area contributed by atoms with E-state index >= 15 is 0 Å². The van der Waals surface area contributed by atoms with E-state index in [4.69, 9.17) is 4.42 Å². The van der Waals surface area contributed by atoms with E-state index in [1.807, 2.05) is 24.3 Å². The Kier molecular flexibility index (Phi) is 4.66. The summed E-state index contributed by atoms with van der Waals surface area (Å²) < 4.78 is 5.93. The summed E-state index contributed by atoms with van der Waals surface area (Å²) in [7, 11) is 0. The van der Waals surface area contributed by atoms with Gasteiger partial charge in [0, 0.05) is 6.07 Å². The minimum Gasteiger partial charge on any atom is -0.459 e. The van der Waals surface area contributed by atoms with Gasteiger partial charge in [-0.3, -0.25) is 9.69 Å². The number of hydrogen-bond donors (Lipinski definition) is 0. The molecule has 0 aliphatic carbocycles. The van der Waals surface area contributed by atoms with E-state index in [1.54, 1.807) is 6.07 Å². The Labute approximate surface area is 147 Å². The minimum absolute atomic E-state index is 0.0517. The molecule has 25 heavy (non-hydrogen) atoms. The van der Waals surface area contributed by atoms with Gasteiger partial charge in [-0.15, -0.1) is 0 Å². The minimum atomic E-state index is 0.0517. The largest absolute Gasteiger partial charge is 0.459 e. The maximum atomic E-state index is 12.2. The monoisotopic (exact) mass is 333 g/mol. The average molecular weight is 333 g/mol. The van der Waals surface area contributed by atoms with Crippen molar-refractivity contribution in [3.8, 4) is 0 Å². The molecule has 1 fully saturated rings. The summed E-state index contributed by atoms with van der Waals surface area (Å²) in [6.07, 6.45) is 3.57. The standard InChI is InChI=1S/C22H23NO2/c24-21-15-19(25-22-9-5-4-8-20(21)22)16-23-12-10-18(11-13-23)14-17-6-2-1-3-7-17/h1-9,15,18H,10-14,16H2. The molecule has 0 bridgehead atoms. The molecule has 2 aromatic carbocycles. The van der Waals surface area contributed by atoms with Crippen LogP contribution in [0.1, 0.15) is 24.2 Å². The van der Waals surface area contributed by atoms with Gasteiger partial charge in [-0.25, -0.2) is 0 Å². The van der Waals surface area contributed by atoms with Gasteiger partial charge in [0.1, 0.15) is 11.3 Å². The molecular formula is C22H23NO2. The highest BCUT2D eigenvalue weighted by atomic mass is 16.3. The van der Waals surface area contributed by atoms with Gasteiger partial charge in [-0.05, 0) is 56.0 Å². The first kappa shape index (κ1) is 16.1. The maximum absolute atomic E-state index is 12.2. The zero-order valence-electron chi connectivity index (χ0n) is 14.4. The Morgan fingerprint density at radius 3 is 2.48 bits per heavy atom. The molecule has 3 heteroatoms. The molecule has 2 heterocycles. The summed E-state index contributed by atoms with van der Waals surface area (Å²) in [5.41, 5.74) is 2.17. The molecule has 1 aliphatic heterocycles. The van der Waals surface area contributed by atoms with Crippen LogP contribution in [0.5, 0.6) is 0 Å². The lowest BCUT2D eigenvalue weighted by atomic mass is 9.90. The summed E-state index contributed by atoms with van der Waals surface area (Å²) in [4.78, 5) is 14.6. The molecule has 3 aromatic rings. The van der Waals surface area contributed by atoms with Gasteiger partial charge in [0.2, 0.25) is 0 Å². The van der Waals surface area contributed by atoms with E-state index in [2.05, 4.69) is 35.2 Å². The summed E-state index contributed by atoms with van der Waals surface area (Å²) in [6.45, 7) is 2.85. The molecule has 0 radical (unpaired) electrons. The fourth-order valence-corrected chi connectivity index (χ4v) is 3.75. The summed E-state index contributed by atoms with van der Waals surface area (Å²) in [5.74, 6) is 1.52. The lowest BCUT2D eigenvalue weighted by Gasteiger charge is -2.31. The van der Waals surface area contributed by atoms with Crippen LogP contribution in [0.3, 0.4) is 0 Å². The predicted molar refractivity (Wildman–Crippen MR) is 101 cm³/mol. The average Bonchev–Trinajstić information content (AvgIpc) is 2.64. The Bertz CT molecular complexity index is 893. The quantitative estimate of drug-likeness (QED) is 0.716. The van der Waals surface area contributed by atoms with Gasteiger partial charge in [0.15, 0.2) is 5.43 Å². The number of piperidine rings is 1. The fourth-order valence-electron chi connectivity index (χ4n) is 3.75. The van der Waals surface area contributed by atoms with Crippen LogP contribution in [0.25, 0.3) is 11.0 Å². The predicted octanol–water partition coefficient (Wildman–Crippen LogP) is 4.25. The molecule has 0 saturated carbocycles. The second-order valence-electron chi connectivity index (χ2n) is 6.98. The number of benzene rings is 2. The number of likely N-dealkylation sites (tertiary alicyclic amines) is 1. The zero-order valence-corrected chi connectivity index (χ0v) is 14.4. The molecule has 0 spiro atoms. The molecule has 0 amide bonds. The first-order valence-electron chi connectivity index (χ1n) is 9.06. The van der Waals surface area contributed by atoms with Gasteiger partial charge in [0.25, 0.3) is 0 Å². The van der Waals surface area contributed by atoms with Crippen LogP contribution >= 0.6 is 0 Å². The van der Waals surface area contributed by atoms with Crippen LogP contribution in [0.15, 0.2) is 69.9 Å². The van der Waals surface area contributed by atoms with E-state index in [-0.39, 0.29) is 5.43 Å². The van der Waals surface area contributed by atoms with Crippen molar-refractivity contribution in [1.82, 2.24) is 4.90 Å². The fraction of sp³-hybridized carbons (Fsp3) is 0.318. The molecular weight excluding hydrogens is 310 g/mol. The third kappa shape index (κ3) is 3.83. The second-order valence-corrected chi connectivity index (χ2v) is 6.98. The van der Waals surface area contributed by atoms with Crippen LogP contribution in [0, 0.1) is 5.92 Å². The molecule has 4 rings (SSSR count). The molecule has 1 aromatic heterocycles. The second kappa shape index (κ2) is 7.24. The van der Waals surface area contributed by atoms with Crippen molar-refractivity contribution in [1.29, 1.82) is 0 Å². The number of hydrogen-bond acceptors (Lipinski definition) is 3. The van der Waals surface area contributed by atoms with E-state index in [1.165, 1.54) is 24.8 Å². The first-order valence-corrected chi connectivity index (χ1v) is 9.06. The van der Waals surface area contributed by atoms with Crippen LogP contribution in [0.2, 0.25) is 0 Å². The van der Waals surface area contributed by atoms with Crippen molar-refractivity contribution in [2.24, 2.45) is 5.92 Å². The van der Waals surface area contributed by atoms with E-state index < -0.39 is 0 Å². The highest BCUT2D eigenvalue weighted by Crippen LogP contribution is 2.23. The van der Waals surface area contributed by atoms with Gasteiger partial charge < -0.3 is 4.42 Å². The maximum Gasteiger partial charge on any atom is 0.192 e. The van der Waals surface area contributed by atoms with Crippen molar-refractivity contribution in [3.63, 3.8) is 0 Å². The van der Waals surface area contributed by atoms with E-state index in [0.717, 1.165) is 31.3 Å². The van der Waals surface area contributed by atoms with Crippen molar-refractivity contribution in [2.45, 2.75) is 25.8 Å². The summed E-state index contributed by atoms with van der Waals surface area (Å²) >= 11 is 0. The van der Waals surface area contributed by atoms with Crippen LogP contribution in [-0.2, 0) is 13.0 Å². The smallest absolute Gasteiger partial charge is 0.192 e. The zero-order chi connectivity index (χ0) is 17.1. The number of nitrogens with zero attached hydrogens (tertiary/aromatic N) is 1. The molecule has 0 atom stereocenters. The Morgan fingerprint density at radius 2 is 1.68 bits per heavy atom. The van der Waals surface area contributed by atoms with Crippen molar-refractivity contribution < 1.29 is 4.42 Å². The molecule has 128 valence electrons. The molecule has 3 nitrogen and oxygen atoms in total. The van der Waals surface area contributed by atoms with Crippen molar-refractivity contribution >= 4 is 11.0 Å². The van der Waals surface area contributed by atoms with E-state index in [9.17, 15) is 4.79 Å². The van der Waals surface area contributed by atoms with E-state index in [0.29, 0.717) is 11.0 Å². The summed E-state index contributed by atoms with van der Waals surface area (Å²) in [6, 6.07) is 19.9. The Hall–Kier alpha value is -2.39. The third-order valence-corrected chi connectivity index (χ3v) is 5.14. The van der Waals surface area contributed by atoms with Gasteiger partial charge in [-0.1, -0.05) is 42.5 Å². The topological polar surface area (TPSA) is 33.5 Å². The molecule has 1 saturated heterocycles. The Morgan fingerprint density at radius 1 is 0.960 bits per heavy atom. The first-order chi connectivity index (χ1) is 12.3. The van der Waals surface area contributed by atoms with Crippen LogP contribution < -0.4 is 5.43 Å². The van der Waals surface area contributed by atoms with Gasteiger partial charge in [0.05, 0.1) is 11.9 Å². The van der Waals surface area contributed by atoms with Gasteiger partial charge >= 0.3 is 0 Å².